The molecule has 1 saturated carbocycles. The van der Waals surface area contributed by atoms with Crippen LogP contribution in [0.25, 0.3) is 0 Å². The molecule has 1 aliphatic carbocycles. The average Bonchev–Trinajstić information content (AvgIpc) is 2.06. The van der Waals surface area contributed by atoms with Crippen LogP contribution < -0.4 is 5.73 Å². The van der Waals surface area contributed by atoms with E-state index in [4.69, 9.17) is 5.73 Å². The number of carbonyl (C=O) groups excluding carboxylic acids is 1. The van der Waals surface area contributed by atoms with Crippen LogP contribution in [0.4, 0.5) is 0 Å². The Hall–Kier alpha value is -0.570. The highest BCUT2D eigenvalue weighted by Crippen LogP contribution is 2.41. The number of amides is 1. The van der Waals surface area contributed by atoms with Gasteiger partial charge in [0.05, 0.1) is 0 Å². The van der Waals surface area contributed by atoms with Crippen molar-refractivity contribution in [1.82, 2.24) is 4.90 Å². The van der Waals surface area contributed by atoms with Gasteiger partial charge in [-0.3, -0.25) is 4.79 Å². The summed E-state index contributed by atoms with van der Waals surface area (Å²) in [6.07, 6.45) is 2.27. The summed E-state index contributed by atoms with van der Waals surface area (Å²) >= 11 is 0. The van der Waals surface area contributed by atoms with Crippen molar-refractivity contribution in [2.24, 2.45) is 23.0 Å². The monoisotopic (exact) mass is 196 g/mol. The minimum Gasteiger partial charge on any atom is -0.342 e. The number of nitrogens with two attached hydrogens (primary N) is 1. The van der Waals surface area contributed by atoms with Gasteiger partial charge in [-0.2, -0.15) is 0 Å². The Labute approximate surface area is 85.6 Å². The number of carbonyl (C=O) groups is 1. The fourth-order valence-electron chi connectivity index (χ4n) is 2.47. The summed E-state index contributed by atoms with van der Waals surface area (Å²) in [6.45, 7) is 6.70. The first kappa shape index (κ1) is 9.97. The Balaban J connectivity index is 1.95. The van der Waals surface area contributed by atoms with Crippen molar-refractivity contribution in [2.45, 2.75) is 26.7 Å². The number of hydrogen-bond donors (Lipinski definition) is 1. The van der Waals surface area contributed by atoms with E-state index in [1.807, 2.05) is 4.90 Å². The molecule has 0 radical (unpaired) electrons. The fourth-order valence-corrected chi connectivity index (χ4v) is 2.47. The van der Waals surface area contributed by atoms with E-state index in [1.54, 1.807) is 0 Å². The van der Waals surface area contributed by atoms with E-state index in [2.05, 4.69) is 13.8 Å². The molecule has 0 spiro atoms. The predicted molar refractivity (Wildman–Crippen MR) is 55.6 cm³/mol. The number of hydrogen-bond acceptors (Lipinski definition) is 2. The molecular formula is C11H20N2O. The molecule has 3 heteroatoms. The van der Waals surface area contributed by atoms with Gasteiger partial charge in [0.1, 0.15) is 0 Å². The van der Waals surface area contributed by atoms with E-state index in [9.17, 15) is 4.79 Å². The molecule has 2 bridgehead atoms. The van der Waals surface area contributed by atoms with Crippen LogP contribution >= 0.6 is 0 Å². The van der Waals surface area contributed by atoms with Gasteiger partial charge in [-0.05, 0) is 30.7 Å². The van der Waals surface area contributed by atoms with Crippen LogP contribution in [0.5, 0.6) is 0 Å². The maximum Gasteiger partial charge on any atom is 0.225 e. The number of piperidine rings is 2. The van der Waals surface area contributed by atoms with Crippen molar-refractivity contribution < 1.29 is 4.79 Å². The van der Waals surface area contributed by atoms with Crippen LogP contribution in [0.3, 0.4) is 0 Å². The van der Waals surface area contributed by atoms with E-state index in [0.29, 0.717) is 18.4 Å². The molecule has 2 heterocycles. The van der Waals surface area contributed by atoms with Crippen LogP contribution in [0.15, 0.2) is 0 Å². The molecule has 3 nitrogen and oxygen atoms in total. The van der Waals surface area contributed by atoms with E-state index < -0.39 is 0 Å². The van der Waals surface area contributed by atoms with Gasteiger partial charge < -0.3 is 10.6 Å². The maximum atomic E-state index is 11.8. The van der Waals surface area contributed by atoms with Gasteiger partial charge in [0.25, 0.3) is 0 Å². The second-order valence-electron chi connectivity index (χ2n) is 5.62. The van der Waals surface area contributed by atoms with E-state index in [1.165, 1.54) is 0 Å². The third-order valence-electron chi connectivity index (χ3n) is 3.55. The summed E-state index contributed by atoms with van der Waals surface area (Å²) in [7, 11) is 0. The molecule has 0 aromatic rings. The first-order valence-corrected chi connectivity index (χ1v) is 5.51. The van der Waals surface area contributed by atoms with E-state index >= 15 is 0 Å². The lowest BCUT2D eigenvalue weighted by Crippen LogP contribution is -2.55. The van der Waals surface area contributed by atoms with Crippen molar-refractivity contribution in [3.05, 3.63) is 0 Å². The summed E-state index contributed by atoms with van der Waals surface area (Å²) in [5.74, 6) is 1.50. The van der Waals surface area contributed by atoms with Gasteiger partial charge in [-0.25, -0.2) is 0 Å². The van der Waals surface area contributed by atoms with Crippen LogP contribution in [0.2, 0.25) is 0 Å². The van der Waals surface area contributed by atoms with Crippen molar-refractivity contribution in [3.8, 4) is 0 Å². The molecule has 0 aromatic carbocycles. The van der Waals surface area contributed by atoms with Crippen LogP contribution in [-0.4, -0.2) is 30.4 Å². The highest BCUT2D eigenvalue weighted by molar-refractivity contribution is 5.81. The lowest BCUT2D eigenvalue weighted by Gasteiger charge is -2.48. The van der Waals surface area contributed by atoms with Gasteiger partial charge in [0.15, 0.2) is 0 Å². The first-order valence-electron chi connectivity index (χ1n) is 5.51. The topological polar surface area (TPSA) is 46.3 Å². The summed E-state index contributed by atoms with van der Waals surface area (Å²) in [4.78, 5) is 13.9. The normalized spacial score (nSPS) is 31.6. The van der Waals surface area contributed by atoms with Gasteiger partial charge in [0, 0.05) is 19.0 Å². The van der Waals surface area contributed by atoms with Crippen molar-refractivity contribution in [2.75, 3.05) is 19.6 Å². The highest BCUT2D eigenvalue weighted by Gasteiger charge is 2.44. The molecular weight excluding hydrogens is 176 g/mol. The average molecular weight is 196 g/mol. The standard InChI is InChI=1S/C11H20N2O/c1-11(2,6-12)7-13-5-8-3-9(4-8)10(13)14/h8-9H,3-7,12H2,1-2H3. The van der Waals surface area contributed by atoms with Gasteiger partial charge in [-0.1, -0.05) is 13.8 Å². The third-order valence-corrected chi connectivity index (χ3v) is 3.55. The highest BCUT2D eigenvalue weighted by atomic mass is 16.2. The molecule has 0 atom stereocenters. The third kappa shape index (κ3) is 1.65. The van der Waals surface area contributed by atoms with Gasteiger partial charge in [0.2, 0.25) is 5.91 Å². The Morgan fingerprint density at radius 2 is 2.14 bits per heavy atom. The lowest BCUT2D eigenvalue weighted by atomic mass is 9.70. The molecule has 3 aliphatic rings. The van der Waals surface area contributed by atoms with E-state index in [0.717, 1.165) is 31.8 Å². The molecule has 2 N–H and O–H groups in total. The summed E-state index contributed by atoms with van der Waals surface area (Å²) in [5, 5.41) is 0. The van der Waals surface area contributed by atoms with Crippen LogP contribution in [0.1, 0.15) is 26.7 Å². The molecule has 3 rings (SSSR count). The fraction of sp³-hybridized carbons (Fsp3) is 0.909. The quantitative estimate of drug-likeness (QED) is 0.727. The number of rotatable bonds is 3. The maximum absolute atomic E-state index is 11.8. The second-order valence-corrected chi connectivity index (χ2v) is 5.62. The Kier molecular flexibility index (Phi) is 2.30. The van der Waals surface area contributed by atoms with Crippen molar-refractivity contribution in [1.29, 1.82) is 0 Å². The Morgan fingerprint density at radius 3 is 2.64 bits per heavy atom. The molecule has 1 amide bonds. The molecule has 2 aliphatic heterocycles. The lowest BCUT2D eigenvalue weighted by molar-refractivity contribution is -0.150. The van der Waals surface area contributed by atoms with Crippen molar-refractivity contribution >= 4 is 5.91 Å². The first-order chi connectivity index (χ1) is 6.52. The molecule has 2 saturated heterocycles. The van der Waals surface area contributed by atoms with Crippen LogP contribution in [0, 0.1) is 17.3 Å². The SMILES string of the molecule is CC(C)(CN)CN1CC2CC(C2)C1=O. The zero-order valence-electron chi connectivity index (χ0n) is 9.12. The summed E-state index contributed by atoms with van der Waals surface area (Å²) in [5.41, 5.74) is 5.75. The number of nitrogens with zero attached hydrogens (tertiary/aromatic N) is 1. The molecule has 14 heavy (non-hydrogen) atoms. The zero-order chi connectivity index (χ0) is 10.3. The number of fused-ring (bicyclic) bond motifs is 2. The minimum atomic E-state index is 0.0689. The van der Waals surface area contributed by atoms with Gasteiger partial charge >= 0.3 is 0 Å². The largest absolute Gasteiger partial charge is 0.342 e. The van der Waals surface area contributed by atoms with Gasteiger partial charge in [-0.15, -0.1) is 0 Å². The predicted octanol–water partition coefficient (Wildman–Crippen LogP) is 0.840. The van der Waals surface area contributed by atoms with Crippen molar-refractivity contribution in [3.63, 3.8) is 0 Å². The molecule has 0 aromatic heterocycles. The summed E-state index contributed by atoms with van der Waals surface area (Å²) in [6, 6.07) is 0. The van der Waals surface area contributed by atoms with Crippen LogP contribution in [-0.2, 0) is 4.79 Å². The molecule has 80 valence electrons. The summed E-state index contributed by atoms with van der Waals surface area (Å²) < 4.78 is 0. The molecule has 3 fully saturated rings. The minimum absolute atomic E-state index is 0.0689. The second kappa shape index (κ2) is 3.23. The zero-order valence-corrected chi connectivity index (χ0v) is 9.12. The smallest absolute Gasteiger partial charge is 0.225 e. The van der Waals surface area contributed by atoms with E-state index in [-0.39, 0.29) is 5.41 Å². The Bertz CT molecular complexity index is 244. The molecule has 0 unspecified atom stereocenters. The Morgan fingerprint density at radius 1 is 1.50 bits per heavy atom.